The van der Waals surface area contributed by atoms with Crippen LogP contribution in [0.4, 0.5) is 0 Å². The Labute approximate surface area is 334 Å². The van der Waals surface area contributed by atoms with Crippen LogP contribution in [0.15, 0.2) is 24.3 Å². The van der Waals surface area contributed by atoms with Gasteiger partial charge in [-0.2, -0.15) is 0 Å². The summed E-state index contributed by atoms with van der Waals surface area (Å²) in [6.45, 7) is 11.5. The third kappa shape index (κ3) is 35.5. The highest BCUT2D eigenvalue weighted by molar-refractivity contribution is 4.82. The second kappa shape index (κ2) is 41.0. The van der Waals surface area contributed by atoms with E-state index < -0.39 is 0 Å². The largest absolute Gasteiger partial charge is 0.375 e. The molecule has 0 rings (SSSR count). The van der Waals surface area contributed by atoms with Crippen LogP contribution in [0.25, 0.3) is 0 Å². The van der Waals surface area contributed by atoms with E-state index in [2.05, 4.69) is 66.2 Å². The van der Waals surface area contributed by atoms with Crippen LogP contribution >= 0.6 is 0 Å². The topological polar surface area (TPSA) is 27.7 Å². The van der Waals surface area contributed by atoms with Crippen molar-refractivity contribution in [3.05, 3.63) is 24.3 Å². The summed E-state index contributed by atoms with van der Waals surface area (Å²) in [7, 11) is 6.91. The smallest absolute Gasteiger partial charge is 0.169 e. The molecule has 0 atom stereocenters. The SMILES string of the molecule is CCCC/C=C\CCCCCCCCOCC(COCCCCCCCC/C=C\CCCC)(COCCCCCCCCCCCCCC)[N+](C)(C)C. The molecule has 0 aromatic carbocycles. The van der Waals surface area contributed by atoms with Crippen LogP contribution in [0.2, 0.25) is 0 Å². The second-order valence-corrected chi connectivity index (χ2v) is 17.3. The Bertz CT molecular complexity index is 719. The Morgan fingerprint density at radius 3 is 0.849 bits per heavy atom. The van der Waals surface area contributed by atoms with E-state index in [1.165, 1.54) is 186 Å². The van der Waals surface area contributed by atoms with E-state index >= 15 is 0 Å². The van der Waals surface area contributed by atoms with Gasteiger partial charge in [-0.05, 0) is 57.8 Å². The summed E-state index contributed by atoms with van der Waals surface area (Å²) in [4.78, 5) is 0. The van der Waals surface area contributed by atoms with Gasteiger partial charge in [0, 0.05) is 19.8 Å². The summed E-state index contributed by atoms with van der Waals surface area (Å²) in [5.74, 6) is 0. The molecule has 4 heteroatoms. The zero-order valence-corrected chi connectivity index (χ0v) is 37.4. The molecule has 0 saturated heterocycles. The molecule has 0 fully saturated rings. The van der Waals surface area contributed by atoms with Crippen molar-refractivity contribution >= 4 is 0 Å². The lowest BCUT2D eigenvalue weighted by Gasteiger charge is -2.45. The van der Waals surface area contributed by atoms with Crippen molar-refractivity contribution in [2.24, 2.45) is 0 Å². The lowest BCUT2D eigenvalue weighted by atomic mass is 9.98. The van der Waals surface area contributed by atoms with E-state index in [4.69, 9.17) is 14.2 Å². The Morgan fingerprint density at radius 2 is 0.566 bits per heavy atom. The van der Waals surface area contributed by atoms with Gasteiger partial charge in [-0.1, -0.05) is 193 Å². The van der Waals surface area contributed by atoms with Gasteiger partial charge in [-0.3, -0.25) is 0 Å². The average molecular weight is 749 g/mol. The summed E-state index contributed by atoms with van der Waals surface area (Å²) < 4.78 is 20.2. The van der Waals surface area contributed by atoms with Crippen molar-refractivity contribution in [3.8, 4) is 0 Å². The Kier molecular flexibility index (Phi) is 40.4. The van der Waals surface area contributed by atoms with Crippen molar-refractivity contribution in [2.75, 3.05) is 60.8 Å². The lowest BCUT2D eigenvalue weighted by Crippen LogP contribution is -2.65. The van der Waals surface area contributed by atoms with Crippen molar-refractivity contribution in [1.82, 2.24) is 0 Å². The fourth-order valence-corrected chi connectivity index (χ4v) is 7.00. The zero-order valence-electron chi connectivity index (χ0n) is 37.4. The number of ether oxygens (including phenoxy) is 3. The van der Waals surface area contributed by atoms with E-state index in [0.717, 1.165) is 43.6 Å². The standard InChI is InChI=1S/C49H98NO3/c1-7-10-13-16-19-22-25-28-31-34-37-40-43-51-46-49(50(4,5)6,47-52-44-41-38-35-32-29-26-23-20-17-14-11-8-2)48-53-45-42-39-36-33-30-27-24-21-18-15-12-9-3/h16-17,19-20H,7-15,18,21-48H2,1-6H3/q+1/b19-16-,20-17-. The predicted molar refractivity (Wildman–Crippen MR) is 236 cm³/mol. The minimum absolute atomic E-state index is 0.188. The molecule has 0 bridgehead atoms. The molecule has 4 nitrogen and oxygen atoms in total. The molecule has 0 aromatic rings. The quantitative estimate of drug-likeness (QED) is 0.0353. The number of allylic oxidation sites excluding steroid dienone is 4. The summed E-state index contributed by atoms with van der Waals surface area (Å²) in [5.41, 5.74) is -0.188. The van der Waals surface area contributed by atoms with Crippen LogP contribution in [0.1, 0.15) is 226 Å². The van der Waals surface area contributed by atoms with Gasteiger partial charge in [0.1, 0.15) is 19.8 Å². The molecule has 0 heterocycles. The van der Waals surface area contributed by atoms with Gasteiger partial charge in [0.05, 0.1) is 21.1 Å². The van der Waals surface area contributed by atoms with Gasteiger partial charge in [-0.25, -0.2) is 0 Å². The first-order chi connectivity index (χ1) is 25.9. The third-order valence-corrected chi connectivity index (χ3v) is 11.3. The normalized spacial score (nSPS) is 12.6. The number of rotatable bonds is 44. The van der Waals surface area contributed by atoms with E-state index in [-0.39, 0.29) is 5.54 Å². The molecular weight excluding hydrogens is 651 g/mol. The molecule has 0 aliphatic heterocycles. The fraction of sp³-hybridized carbons (Fsp3) is 0.918. The van der Waals surface area contributed by atoms with Crippen LogP contribution in [-0.2, 0) is 14.2 Å². The predicted octanol–water partition coefficient (Wildman–Crippen LogP) is 15.1. The van der Waals surface area contributed by atoms with Gasteiger partial charge >= 0.3 is 0 Å². The number of quaternary nitrogens is 1. The number of nitrogens with zero attached hydrogens (tertiary/aromatic N) is 1. The lowest BCUT2D eigenvalue weighted by molar-refractivity contribution is -0.926. The van der Waals surface area contributed by atoms with Crippen molar-refractivity contribution in [1.29, 1.82) is 0 Å². The molecule has 0 saturated carbocycles. The fourth-order valence-electron chi connectivity index (χ4n) is 7.00. The Hall–Kier alpha value is -0.680. The second-order valence-electron chi connectivity index (χ2n) is 17.3. The summed E-state index contributed by atoms with van der Waals surface area (Å²) in [6, 6.07) is 0. The van der Waals surface area contributed by atoms with Crippen LogP contribution in [0.5, 0.6) is 0 Å². The molecule has 0 unspecified atom stereocenters. The average Bonchev–Trinajstić information content (AvgIpc) is 3.14. The Morgan fingerprint density at radius 1 is 0.321 bits per heavy atom. The van der Waals surface area contributed by atoms with Gasteiger partial charge in [0.2, 0.25) is 0 Å². The van der Waals surface area contributed by atoms with Gasteiger partial charge in [0.15, 0.2) is 5.54 Å². The summed E-state index contributed by atoms with van der Waals surface area (Å²) >= 11 is 0. The highest BCUT2D eigenvalue weighted by Gasteiger charge is 2.44. The zero-order chi connectivity index (χ0) is 38.8. The van der Waals surface area contributed by atoms with Crippen molar-refractivity contribution in [2.45, 2.75) is 232 Å². The first kappa shape index (κ1) is 52.3. The maximum absolute atomic E-state index is 6.47. The summed E-state index contributed by atoms with van der Waals surface area (Å²) in [6.07, 6.45) is 51.9. The minimum atomic E-state index is -0.188. The first-order valence-corrected chi connectivity index (χ1v) is 23.8. The van der Waals surface area contributed by atoms with E-state index in [0.29, 0.717) is 19.8 Å². The molecular formula is C49H98NO3+. The minimum Gasteiger partial charge on any atom is -0.375 e. The Balaban J connectivity index is 4.53. The molecule has 0 N–H and O–H groups in total. The molecule has 0 radical (unpaired) electrons. The van der Waals surface area contributed by atoms with Gasteiger partial charge < -0.3 is 18.7 Å². The molecule has 0 aliphatic rings. The monoisotopic (exact) mass is 749 g/mol. The summed E-state index contributed by atoms with van der Waals surface area (Å²) in [5, 5.41) is 0. The van der Waals surface area contributed by atoms with Crippen LogP contribution in [0, 0.1) is 0 Å². The highest BCUT2D eigenvalue weighted by atomic mass is 16.5. The van der Waals surface area contributed by atoms with Crippen LogP contribution in [-0.4, -0.2) is 70.8 Å². The maximum Gasteiger partial charge on any atom is 0.169 e. The highest BCUT2D eigenvalue weighted by Crippen LogP contribution is 2.23. The van der Waals surface area contributed by atoms with Crippen LogP contribution < -0.4 is 0 Å². The molecule has 0 aliphatic carbocycles. The van der Waals surface area contributed by atoms with Gasteiger partial charge in [0.25, 0.3) is 0 Å². The molecule has 316 valence electrons. The van der Waals surface area contributed by atoms with Crippen LogP contribution in [0.3, 0.4) is 0 Å². The molecule has 0 spiro atoms. The van der Waals surface area contributed by atoms with Gasteiger partial charge in [-0.15, -0.1) is 0 Å². The molecule has 53 heavy (non-hydrogen) atoms. The number of hydrogen-bond acceptors (Lipinski definition) is 3. The molecule has 0 aromatic heterocycles. The third-order valence-electron chi connectivity index (χ3n) is 11.3. The van der Waals surface area contributed by atoms with Crippen molar-refractivity contribution in [3.63, 3.8) is 0 Å². The van der Waals surface area contributed by atoms with E-state index in [9.17, 15) is 0 Å². The number of hydrogen-bond donors (Lipinski definition) is 0. The molecule has 0 amide bonds. The number of unbranched alkanes of at least 4 members (excludes halogenated alkanes) is 27. The first-order valence-electron chi connectivity index (χ1n) is 23.8. The number of likely N-dealkylation sites (N-methyl/N-ethyl adjacent to an activating group) is 1. The van der Waals surface area contributed by atoms with E-state index in [1.807, 2.05) is 0 Å². The maximum atomic E-state index is 6.47. The van der Waals surface area contributed by atoms with Crippen molar-refractivity contribution < 1.29 is 18.7 Å². The van der Waals surface area contributed by atoms with E-state index in [1.54, 1.807) is 0 Å².